The van der Waals surface area contributed by atoms with Gasteiger partial charge in [0.05, 0.1) is 17.1 Å². The van der Waals surface area contributed by atoms with E-state index in [1.54, 1.807) is 0 Å². The van der Waals surface area contributed by atoms with Gasteiger partial charge in [-0.3, -0.25) is 0 Å². The van der Waals surface area contributed by atoms with E-state index in [0.29, 0.717) is 0 Å². The van der Waals surface area contributed by atoms with Crippen molar-refractivity contribution in [2.75, 3.05) is 4.90 Å². The summed E-state index contributed by atoms with van der Waals surface area (Å²) in [5.41, 5.74) is 14.1. The van der Waals surface area contributed by atoms with E-state index >= 15 is 0 Å². The third kappa shape index (κ3) is 5.55. The van der Waals surface area contributed by atoms with Crippen LogP contribution in [-0.2, 0) is 0 Å². The summed E-state index contributed by atoms with van der Waals surface area (Å²) in [5.74, 6) is 0. The number of fused-ring (bicyclic) bond motifs is 6. The molecule has 0 spiro atoms. The lowest BCUT2D eigenvalue weighted by molar-refractivity contribution is 0.669. The Morgan fingerprint density at radius 2 is 0.860 bits per heavy atom. The number of rotatable bonds is 7. The van der Waals surface area contributed by atoms with E-state index in [9.17, 15) is 0 Å². The first-order valence-electron chi connectivity index (χ1n) is 19.4. The fourth-order valence-corrected chi connectivity index (χ4v) is 9.82. The first-order valence-corrected chi connectivity index (χ1v) is 20.2. The molecule has 57 heavy (non-hydrogen) atoms. The van der Waals surface area contributed by atoms with Crippen LogP contribution < -0.4 is 4.90 Å². The third-order valence-electron chi connectivity index (χ3n) is 11.1. The molecule has 0 saturated heterocycles. The number of para-hydroxylation sites is 3. The van der Waals surface area contributed by atoms with Gasteiger partial charge in [0.15, 0.2) is 5.58 Å². The zero-order chi connectivity index (χ0) is 37.7. The molecule has 0 aliphatic rings. The highest BCUT2D eigenvalue weighted by atomic mass is 32.1. The van der Waals surface area contributed by atoms with E-state index in [1.807, 2.05) is 17.4 Å². The van der Waals surface area contributed by atoms with Crippen molar-refractivity contribution in [1.29, 1.82) is 0 Å². The van der Waals surface area contributed by atoms with Crippen LogP contribution in [0.2, 0.25) is 0 Å². The van der Waals surface area contributed by atoms with Crippen molar-refractivity contribution in [2.24, 2.45) is 0 Å². The summed E-state index contributed by atoms with van der Waals surface area (Å²) in [6.07, 6.45) is 0. The van der Waals surface area contributed by atoms with E-state index in [2.05, 4.69) is 211 Å². The SMILES string of the molecule is c1ccc(-c2ccccc2-c2c(-c3ccccc3)cccc2N(c2ccccc2-c2cccc3c2sc2ccccc23)c2cccc3c2oc2ccccc23)cc1. The number of nitrogens with zero attached hydrogens (tertiary/aromatic N) is 1. The van der Waals surface area contributed by atoms with E-state index < -0.39 is 0 Å². The Hall–Kier alpha value is -7.20. The summed E-state index contributed by atoms with van der Waals surface area (Å²) in [6, 6.07) is 76.4. The maximum Gasteiger partial charge on any atom is 0.159 e. The molecule has 0 amide bonds. The molecule has 3 heteroatoms. The molecule has 0 atom stereocenters. The third-order valence-corrected chi connectivity index (χ3v) is 12.3. The van der Waals surface area contributed by atoms with Gasteiger partial charge in [-0.25, -0.2) is 0 Å². The van der Waals surface area contributed by atoms with E-state index in [0.717, 1.165) is 66.8 Å². The second-order valence-corrected chi connectivity index (χ2v) is 15.4. The normalized spacial score (nSPS) is 11.5. The molecule has 0 bridgehead atoms. The van der Waals surface area contributed by atoms with Crippen molar-refractivity contribution < 1.29 is 4.42 Å². The van der Waals surface area contributed by atoms with Crippen molar-refractivity contribution in [2.45, 2.75) is 0 Å². The molecule has 0 saturated carbocycles. The molecule has 0 radical (unpaired) electrons. The highest BCUT2D eigenvalue weighted by molar-refractivity contribution is 7.26. The van der Waals surface area contributed by atoms with Gasteiger partial charge in [-0.05, 0) is 58.1 Å². The zero-order valence-corrected chi connectivity index (χ0v) is 31.8. The number of hydrogen-bond donors (Lipinski definition) is 0. The molecule has 2 heterocycles. The fourth-order valence-electron chi connectivity index (χ4n) is 8.59. The topological polar surface area (TPSA) is 16.4 Å². The van der Waals surface area contributed by atoms with Crippen LogP contribution >= 0.6 is 11.3 Å². The standard InChI is InChI=1S/C54H35NOS/c1-3-18-36(19-4-1)38-22-7-8-26-43(38)52-39(37-20-5-2-6-21-37)27-16-32-48(52)55(49-33-17-28-44-41-24-10-13-34-50(41)56-53(44)49)47-31-12-9-23-40(47)45-29-15-30-46-42-25-11-14-35-51(42)57-54(45)46/h1-35H. The lowest BCUT2D eigenvalue weighted by atomic mass is 9.87. The van der Waals surface area contributed by atoms with E-state index in [-0.39, 0.29) is 0 Å². The molecular formula is C54H35NOS. The van der Waals surface area contributed by atoms with Crippen LogP contribution in [0.25, 0.3) is 86.6 Å². The molecular weight excluding hydrogens is 711 g/mol. The molecule has 0 aliphatic carbocycles. The van der Waals surface area contributed by atoms with Gasteiger partial charge in [0.1, 0.15) is 5.58 Å². The second-order valence-electron chi connectivity index (χ2n) is 14.4. The first-order chi connectivity index (χ1) is 28.3. The summed E-state index contributed by atoms with van der Waals surface area (Å²) in [5, 5.41) is 4.75. The monoisotopic (exact) mass is 745 g/mol. The van der Waals surface area contributed by atoms with Gasteiger partial charge in [-0.1, -0.05) is 182 Å². The predicted molar refractivity (Wildman–Crippen MR) is 243 cm³/mol. The van der Waals surface area contributed by atoms with Crippen LogP contribution in [0, 0.1) is 0 Å². The number of anilines is 3. The number of furan rings is 1. The van der Waals surface area contributed by atoms with Gasteiger partial charge in [0, 0.05) is 47.6 Å². The minimum Gasteiger partial charge on any atom is -0.454 e. The predicted octanol–water partition coefficient (Wildman–Crippen LogP) is 16.1. The minimum absolute atomic E-state index is 0.848. The van der Waals surface area contributed by atoms with Gasteiger partial charge in [-0.2, -0.15) is 0 Å². The molecule has 268 valence electrons. The molecule has 0 unspecified atom stereocenters. The molecule has 0 N–H and O–H groups in total. The Morgan fingerprint density at radius 1 is 0.333 bits per heavy atom. The Kier molecular flexibility index (Phi) is 8.04. The highest BCUT2D eigenvalue weighted by Gasteiger charge is 2.27. The molecule has 0 aliphatic heterocycles. The molecule has 9 aromatic carbocycles. The van der Waals surface area contributed by atoms with Gasteiger partial charge >= 0.3 is 0 Å². The zero-order valence-electron chi connectivity index (χ0n) is 31.0. The second kappa shape index (κ2) is 13.8. The fraction of sp³-hybridized carbons (Fsp3) is 0. The Morgan fingerprint density at radius 3 is 1.68 bits per heavy atom. The van der Waals surface area contributed by atoms with Crippen molar-refractivity contribution in [3.63, 3.8) is 0 Å². The van der Waals surface area contributed by atoms with Gasteiger partial charge in [-0.15, -0.1) is 11.3 Å². The van der Waals surface area contributed by atoms with Crippen LogP contribution in [0.5, 0.6) is 0 Å². The summed E-state index contributed by atoms with van der Waals surface area (Å²) in [6.45, 7) is 0. The van der Waals surface area contributed by atoms with E-state index in [4.69, 9.17) is 4.42 Å². The van der Waals surface area contributed by atoms with Gasteiger partial charge in [0.2, 0.25) is 0 Å². The summed E-state index contributed by atoms with van der Waals surface area (Å²) in [4.78, 5) is 2.45. The quantitative estimate of drug-likeness (QED) is 0.162. The highest BCUT2D eigenvalue weighted by Crippen LogP contribution is 2.52. The van der Waals surface area contributed by atoms with Crippen molar-refractivity contribution in [1.82, 2.24) is 0 Å². The van der Waals surface area contributed by atoms with Gasteiger partial charge in [0.25, 0.3) is 0 Å². The van der Waals surface area contributed by atoms with Crippen LogP contribution in [0.15, 0.2) is 217 Å². The van der Waals surface area contributed by atoms with Crippen LogP contribution in [-0.4, -0.2) is 0 Å². The smallest absolute Gasteiger partial charge is 0.159 e. The molecule has 11 rings (SSSR count). The lowest BCUT2D eigenvalue weighted by Gasteiger charge is -2.31. The summed E-state index contributed by atoms with van der Waals surface area (Å²) in [7, 11) is 0. The number of benzene rings is 9. The van der Waals surface area contributed by atoms with Crippen LogP contribution in [0.4, 0.5) is 17.1 Å². The molecule has 0 fully saturated rings. The number of thiophene rings is 1. The average Bonchev–Trinajstić information content (AvgIpc) is 3.87. The van der Waals surface area contributed by atoms with Crippen molar-refractivity contribution >= 4 is 70.5 Å². The summed E-state index contributed by atoms with van der Waals surface area (Å²) < 4.78 is 9.44. The molecule has 2 nitrogen and oxygen atoms in total. The van der Waals surface area contributed by atoms with Crippen LogP contribution in [0.1, 0.15) is 0 Å². The summed E-state index contributed by atoms with van der Waals surface area (Å²) >= 11 is 1.86. The number of hydrogen-bond acceptors (Lipinski definition) is 3. The van der Waals surface area contributed by atoms with Crippen LogP contribution in [0.3, 0.4) is 0 Å². The lowest BCUT2D eigenvalue weighted by Crippen LogP contribution is -2.13. The Bertz CT molecular complexity index is 3250. The maximum atomic E-state index is 6.88. The van der Waals surface area contributed by atoms with Crippen molar-refractivity contribution in [3.05, 3.63) is 212 Å². The minimum atomic E-state index is 0.848. The maximum absolute atomic E-state index is 6.88. The molecule has 11 aromatic rings. The Labute approximate surface area is 335 Å². The van der Waals surface area contributed by atoms with Crippen molar-refractivity contribution in [3.8, 4) is 44.5 Å². The van der Waals surface area contributed by atoms with Gasteiger partial charge < -0.3 is 9.32 Å². The Balaban J connectivity index is 1.27. The first kappa shape index (κ1) is 33.2. The van der Waals surface area contributed by atoms with E-state index in [1.165, 1.54) is 36.9 Å². The average molecular weight is 746 g/mol. The molecule has 2 aromatic heterocycles. The largest absolute Gasteiger partial charge is 0.454 e.